The largest absolute Gasteiger partial charge is 0.505 e. The summed E-state index contributed by atoms with van der Waals surface area (Å²) in [5, 5.41) is 28.4. The van der Waals surface area contributed by atoms with Crippen molar-refractivity contribution in [2.75, 3.05) is 7.05 Å². The first-order valence-corrected chi connectivity index (χ1v) is 13.7. The number of amides is 4. The highest BCUT2D eigenvalue weighted by atomic mass is 19.2. The Morgan fingerprint density at radius 1 is 1.00 bits per heavy atom. The maximum atomic E-state index is 14.7. The Hall–Kier alpha value is -4.34. The molecule has 0 bridgehead atoms. The maximum absolute atomic E-state index is 14.7. The van der Waals surface area contributed by atoms with E-state index in [0.29, 0.717) is 12.8 Å². The van der Waals surface area contributed by atoms with Crippen molar-refractivity contribution in [1.29, 1.82) is 0 Å². The first-order chi connectivity index (χ1) is 20.6. The van der Waals surface area contributed by atoms with E-state index in [1.807, 2.05) is 0 Å². The molecule has 2 heterocycles. The van der Waals surface area contributed by atoms with Crippen LogP contribution < -0.4 is 16.0 Å². The highest BCUT2D eigenvalue weighted by molar-refractivity contribution is 5.98. The topological polar surface area (TPSA) is 161 Å². The van der Waals surface area contributed by atoms with Gasteiger partial charge in [-0.2, -0.15) is 0 Å². The van der Waals surface area contributed by atoms with E-state index in [-0.39, 0.29) is 5.92 Å². The number of aromatic hydroxyl groups is 1. The molecule has 0 radical (unpaired) electrons. The molecule has 238 valence electrons. The number of likely N-dealkylation sites (N-methyl/N-ethyl adjacent to an activating group) is 1. The molecule has 1 unspecified atom stereocenters. The molecule has 0 spiro atoms. The number of carbonyl (C=O) groups excluding carboxylic acids is 4. The SMILES string of the molecule is C[C@H]1NC(=O)C(C2CC2)N(C)C(=O)[C@H](C)[C@H](O)[C@H](Cc2c(F)c(F)c(F)c(F)c2F)NC(=O)[C@H]1NC(=O)c1ncccc1O. The molecule has 4 rings (SSSR count). The van der Waals surface area contributed by atoms with Crippen molar-refractivity contribution in [2.24, 2.45) is 11.8 Å². The summed E-state index contributed by atoms with van der Waals surface area (Å²) in [5.74, 6) is -17.2. The Morgan fingerprint density at radius 2 is 1.59 bits per heavy atom. The fourth-order valence-corrected chi connectivity index (χ4v) is 5.24. The number of rotatable bonds is 5. The number of halogens is 5. The van der Waals surface area contributed by atoms with Crippen LogP contribution in [0.3, 0.4) is 0 Å². The molecular weight excluding hydrogens is 597 g/mol. The van der Waals surface area contributed by atoms with Crippen molar-refractivity contribution in [3.05, 3.63) is 58.7 Å². The molecule has 1 saturated carbocycles. The fourth-order valence-electron chi connectivity index (χ4n) is 5.24. The normalized spacial score (nSPS) is 26.8. The number of aromatic nitrogens is 1. The number of aliphatic hydroxyl groups excluding tert-OH is 1. The molecule has 1 aliphatic carbocycles. The zero-order valence-electron chi connectivity index (χ0n) is 23.7. The average Bonchev–Trinajstić information content (AvgIpc) is 3.82. The van der Waals surface area contributed by atoms with Crippen molar-refractivity contribution in [3.63, 3.8) is 0 Å². The van der Waals surface area contributed by atoms with E-state index in [1.165, 1.54) is 33.2 Å². The molecule has 4 amide bonds. The minimum absolute atomic E-state index is 0.264. The number of nitrogens with zero attached hydrogens (tertiary/aromatic N) is 2. The van der Waals surface area contributed by atoms with Crippen LogP contribution in [0.2, 0.25) is 0 Å². The molecule has 2 aliphatic rings. The van der Waals surface area contributed by atoms with Gasteiger partial charge in [0.15, 0.2) is 29.0 Å². The summed E-state index contributed by atoms with van der Waals surface area (Å²) >= 11 is 0. The molecule has 6 atom stereocenters. The van der Waals surface area contributed by atoms with Gasteiger partial charge in [-0.05, 0) is 37.8 Å². The third-order valence-corrected chi connectivity index (χ3v) is 7.91. The Balaban J connectivity index is 1.78. The number of hydrogen-bond donors (Lipinski definition) is 5. The highest BCUT2D eigenvalue weighted by Crippen LogP contribution is 2.36. The summed E-state index contributed by atoms with van der Waals surface area (Å²) in [5.41, 5.74) is -1.85. The van der Waals surface area contributed by atoms with E-state index >= 15 is 0 Å². The lowest BCUT2D eigenvalue weighted by atomic mass is 9.90. The van der Waals surface area contributed by atoms with Crippen LogP contribution in [0.4, 0.5) is 22.0 Å². The van der Waals surface area contributed by atoms with Crippen molar-refractivity contribution >= 4 is 23.6 Å². The monoisotopic (exact) mass is 627 g/mol. The quantitative estimate of drug-likeness (QED) is 0.188. The Bertz CT molecular complexity index is 1460. The van der Waals surface area contributed by atoms with Crippen LogP contribution in [0.5, 0.6) is 5.75 Å². The fraction of sp³-hybridized carbons (Fsp3) is 0.464. The van der Waals surface area contributed by atoms with Gasteiger partial charge in [-0.25, -0.2) is 26.9 Å². The first-order valence-electron chi connectivity index (χ1n) is 13.7. The van der Waals surface area contributed by atoms with Crippen LogP contribution in [-0.4, -0.2) is 81.0 Å². The van der Waals surface area contributed by atoms with Crippen molar-refractivity contribution in [3.8, 4) is 5.75 Å². The molecule has 44 heavy (non-hydrogen) atoms. The molecule has 1 aromatic heterocycles. The van der Waals surface area contributed by atoms with Gasteiger partial charge in [0.2, 0.25) is 23.5 Å². The molecule has 2 aromatic rings. The number of benzene rings is 1. The van der Waals surface area contributed by atoms with Crippen molar-refractivity contribution < 1.29 is 51.3 Å². The molecule has 2 fully saturated rings. The number of nitrogens with one attached hydrogen (secondary N) is 3. The van der Waals surface area contributed by atoms with E-state index in [0.717, 1.165) is 11.0 Å². The van der Waals surface area contributed by atoms with Crippen molar-refractivity contribution in [1.82, 2.24) is 25.8 Å². The van der Waals surface area contributed by atoms with Gasteiger partial charge in [-0.1, -0.05) is 6.92 Å². The van der Waals surface area contributed by atoms with Gasteiger partial charge in [-0.15, -0.1) is 0 Å². The Morgan fingerprint density at radius 3 is 2.16 bits per heavy atom. The van der Waals surface area contributed by atoms with Gasteiger partial charge in [0.1, 0.15) is 17.8 Å². The third-order valence-electron chi connectivity index (χ3n) is 7.91. The second-order valence-corrected chi connectivity index (χ2v) is 11.0. The second-order valence-electron chi connectivity index (χ2n) is 11.0. The number of aliphatic hydroxyl groups is 1. The van der Waals surface area contributed by atoms with Gasteiger partial charge in [0, 0.05) is 25.2 Å². The summed E-state index contributed by atoms with van der Waals surface area (Å²) in [6.45, 7) is 2.54. The van der Waals surface area contributed by atoms with Gasteiger partial charge >= 0.3 is 0 Å². The van der Waals surface area contributed by atoms with E-state index in [4.69, 9.17) is 0 Å². The Kier molecular flexibility index (Phi) is 9.41. The van der Waals surface area contributed by atoms with Gasteiger partial charge in [0.25, 0.3) is 5.91 Å². The number of hydrogen-bond acceptors (Lipinski definition) is 7. The van der Waals surface area contributed by atoms with Gasteiger partial charge < -0.3 is 31.1 Å². The van der Waals surface area contributed by atoms with Crippen LogP contribution >= 0.6 is 0 Å². The van der Waals surface area contributed by atoms with Gasteiger partial charge in [0.05, 0.1) is 24.1 Å². The number of carbonyl (C=O) groups is 4. The molecule has 1 saturated heterocycles. The molecule has 11 nitrogen and oxygen atoms in total. The minimum atomic E-state index is -2.41. The van der Waals surface area contributed by atoms with Crippen LogP contribution in [0, 0.1) is 40.9 Å². The van der Waals surface area contributed by atoms with E-state index in [1.54, 1.807) is 0 Å². The summed E-state index contributed by atoms with van der Waals surface area (Å²) in [6, 6.07) is -3.32. The van der Waals surface area contributed by atoms with Crippen LogP contribution in [0.1, 0.15) is 42.7 Å². The summed E-state index contributed by atoms with van der Waals surface area (Å²) < 4.78 is 71.0. The summed E-state index contributed by atoms with van der Waals surface area (Å²) in [4.78, 5) is 58.2. The predicted molar refractivity (Wildman–Crippen MR) is 141 cm³/mol. The lowest BCUT2D eigenvalue weighted by Crippen LogP contribution is -2.64. The predicted octanol–water partition coefficient (Wildman–Crippen LogP) is 1.06. The van der Waals surface area contributed by atoms with Crippen LogP contribution in [-0.2, 0) is 20.8 Å². The molecule has 1 aliphatic heterocycles. The molecule has 1 aromatic carbocycles. The smallest absolute Gasteiger partial charge is 0.274 e. The van der Waals surface area contributed by atoms with E-state index < -0.39 is 112 Å². The molecule has 5 N–H and O–H groups in total. The minimum Gasteiger partial charge on any atom is -0.505 e. The van der Waals surface area contributed by atoms with Crippen molar-refractivity contribution in [2.45, 2.75) is 63.4 Å². The highest BCUT2D eigenvalue weighted by Gasteiger charge is 2.45. The average molecular weight is 628 g/mol. The summed E-state index contributed by atoms with van der Waals surface area (Å²) in [6.07, 6.45) is -0.773. The first kappa shape index (κ1) is 32.6. The van der Waals surface area contributed by atoms with Gasteiger partial charge in [-0.3, -0.25) is 19.2 Å². The molecule has 16 heteroatoms. The maximum Gasteiger partial charge on any atom is 0.274 e. The standard InChI is InChI=1S/C28H30F5N5O6/c1-10-24(40)14(9-13-16(29)18(31)20(33)19(32)17(13)30)36-25(41)21(37-26(42)22-15(39)5-4-8-34-22)11(2)35-27(43)23(12-6-7-12)38(3)28(10)44/h4-5,8,10-12,14,21,23-24,39-40H,6-7,9H2,1-3H3,(H,35,43)(H,36,41)(H,37,42)/t10-,11-,14+,21+,23?,24+/m1/s1. The van der Waals surface area contributed by atoms with E-state index in [2.05, 4.69) is 20.9 Å². The second kappa shape index (κ2) is 12.7. The number of pyridine rings is 1. The lowest BCUT2D eigenvalue weighted by Gasteiger charge is -2.37. The third kappa shape index (κ3) is 6.30. The Labute approximate surface area is 247 Å². The van der Waals surface area contributed by atoms with Crippen LogP contribution in [0.15, 0.2) is 18.3 Å². The molecular formula is C28H30F5N5O6. The zero-order valence-corrected chi connectivity index (χ0v) is 23.7. The lowest BCUT2D eigenvalue weighted by molar-refractivity contribution is -0.147. The summed E-state index contributed by atoms with van der Waals surface area (Å²) in [7, 11) is 1.31. The van der Waals surface area contributed by atoms with Crippen LogP contribution in [0.25, 0.3) is 0 Å². The zero-order chi connectivity index (χ0) is 32.6. The van der Waals surface area contributed by atoms with E-state index in [9.17, 15) is 51.3 Å².